The summed E-state index contributed by atoms with van der Waals surface area (Å²) in [4.78, 5) is 33.0. The summed E-state index contributed by atoms with van der Waals surface area (Å²) in [6.45, 7) is 2.97. The fraction of sp³-hybridized carbons (Fsp3) is 0.292. The molecule has 8 heteroatoms. The molecule has 4 rings (SSSR count). The third kappa shape index (κ3) is 4.81. The number of aliphatic imine (C=N–C) groups is 1. The number of aromatic amines is 1. The number of aromatic nitrogens is 2. The number of ether oxygens (including phenoxy) is 1. The van der Waals surface area contributed by atoms with Gasteiger partial charge in [0.1, 0.15) is 17.9 Å². The van der Waals surface area contributed by atoms with Crippen molar-refractivity contribution >= 4 is 6.21 Å². The number of hydrogen-bond donors (Lipinski definition) is 3. The number of rotatable bonds is 6. The van der Waals surface area contributed by atoms with E-state index in [2.05, 4.69) is 34.2 Å². The molecule has 8 nitrogen and oxygen atoms in total. The zero-order valence-electron chi connectivity index (χ0n) is 18.0. The van der Waals surface area contributed by atoms with Crippen molar-refractivity contribution in [2.24, 2.45) is 4.99 Å². The Balaban J connectivity index is 1.48. The van der Waals surface area contributed by atoms with Crippen LogP contribution in [0.1, 0.15) is 24.0 Å². The van der Waals surface area contributed by atoms with Crippen molar-refractivity contribution in [3.05, 3.63) is 86.6 Å². The summed E-state index contributed by atoms with van der Waals surface area (Å²) in [7, 11) is 1.54. The molecule has 2 heterocycles. The van der Waals surface area contributed by atoms with E-state index < -0.39 is 17.1 Å². The SMILES string of the molecule is COc1ccc(-n2c(O)c(C=NC3CC[NH+](Cc4ccccc4)CC3)c(=O)[nH]c2=O)cc1. The number of benzene rings is 2. The number of piperidine rings is 1. The minimum absolute atomic E-state index is 0.0283. The van der Waals surface area contributed by atoms with Gasteiger partial charge >= 0.3 is 5.69 Å². The highest BCUT2D eigenvalue weighted by Crippen LogP contribution is 2.19. The summed E-state index contributed by atoms with van der Waals surface area (Å²) in [6, 6.07) is 17.1. The third-order valence-corrected chi connectivity index (χ3v) is 5.83. The van der Waals surface area contributed by atoms with E-state index in [-0.39, 0.29) is 11.6 Å². The highest BCUT2D eigenvalue weighted by Gasteiger charge is 2.22. The summed E-state index contributed by atoms with van der Waals surface area (Å²) < 4.78 is 6.17. The molecule has 0 amide bonds. The number of likely N-dealkylation sites (tertiary alicyclic amines) is 1. The van der Waals surface area contributed by atoms with Gasteiger partial charge in [-0.3, -0.25) is 14.8 Å². The van der Waals surface area contributed by atoms with E-state index in [9.17, 15) is 14.7 Å². The lowest BCUT2D eigenvalue weighted by molar-refractivity contribution is -0.918. The number of nitrogens with one attached hydrogen (secondary N) is 2. The average molecular weight is 436 g/mol. The van der Waals surface area contributed by atoms with Gasteiger partial charge in [-0.15, -0.1) is 0 Å². The van der Waals surface area contributed by atoms with Crippen molar-refractivity contribution in [1.29, 1.82) is 0 Å². The van der Waals surface area contributed by atoms with Gasteiger partial charge in [-0.05, 0) is 24.3 Å². The minimum atomic E-state index is -0.715. The van der Waals surface area contributed by atoms with Gasteiger partial charge in [0.15, 0.2) is 0 Å². The summed E-state index contributed by atoms with van der Waals surface area (Å²) >= 11 is 0. The lowest BCUT2D eigenvalue weighted by Gasteiger charge is -2.27. The van der Waals surface area contributed by atoms with Gasteiger partial charge in [-0.1, -0.05) is 30.3 Å². The second-order valence-electron chi connectivity index (χ2n) is 7.95. The van der Waals surface area contributed by atoms with Crippen LogP contribution in [0.25, 0.3) is 5.69 Å². The van der Waals surface area contributed by atoms with Crippen molar-refractivity contribution < 1.29 is 14.7 Å². The standard InChI is InChI=1S/C24H26N4O4/c1-32-20-9-7-19(8-10-20)28-23(30)21(22(29)26-24(28)31)15-25-18-11-13-27(14-12-18)16-17-5-3-2-4-6-17/h2-10,15,18,30H,11-14,16H2,1H3,(H,26,29,31)/p+1. The van der Waals surface area contributed by atoms with Gasteiger partial charge in [-0.2, -0.15) is 0 Å². The van der Waals surface area contributed by atoms with Gasteiger partial charge in [0.05, 0.1) is 31.9 Å². The normalized spacial score (nSPS) is 18.7. The van der Waals surface area contributed by atoms with Crippen molar-refractivity contribution in [3.8, 4) is 17.3 Å². The maximum atomic E-state index is 12.3. The largest absolute Gasteiger partial charge is 0.497 e. The molecule has 32 heavy (non-hydrogen) atoms. The summed E-state index contributed by atoms with van der Waals surface area (Å²) in [5.74, 6) is 0.188. The molecule has 166 valence electrons. The lowest BCUT2D eigenvalue weighted by Crippen LogP contribution is -3.12. The maximum Gasteiger partial charge on any atom is 0.335 e. The summed E-state index contributed by atoms with van der Waals surface area (Å²) in [5, 5.41) is 10.7. The highest BCUT2D eigenvalue weighted by molar-refractivity contribution is 5.82. The van der Waals surface area contributed by atoms with Gasteiger partial charge < -0.3 is 14.7 Å². The molecule has 1 saturated heterocycles. The molecule has 3 aromatic rings. The minimum Gasteiger partial charge on any atom is -0.497 e. The molecule has 0 aliphatic carbocycles. The van der Waals surface area contributed by atoms with Crippen LogP contribution < -0.4 is 20.9 Å². The van der Waals surface area contributed by atoms with E-state index in [0.717, 1.165) is 37.0 Å². The van der Waals surface area contributed by atoms with Crippen LogP contribution in [-0.4, -0.2) is 47.1 Å². The van der Waals surface area contributed by atoms with Crippen LogP contribution in [0.3, 0.4) is 0 Å². The van der Waals surface area contributed by atoms with E-state index in [1.165, 1.54) is 16.7 Å². The number of hydrogen-bond acceptors (Lipinski definition) is 5. The van der Waals surface area contributed by atoms with Crippen LogP contribution in [0, 0.1) is 0 Å². The fourth-order valence-corrected chi connectivity index (χ4v) is 4.03. The zero-order chi connectivity index (χ0) is 22.5. The topological polar surface area (TPSA) is 101 Å². The number of aromatic hydroxyl groups is 1. The van der Waals surface area contributed by atoms with E-state index in [4.69, 9.17) is 4.74 Å². The molecule has 1 aliphatic heterocycles. The summed E-state index contributed by atoms with van der Waals surface area (Å²) in [5.41, 5.74) is 0.332. The van der Waals surface area contributed by atoms with Crippen LogP contribution in [0.5, 0.6) is 11.6 Å². The second kappa shape index (κ2) is 9.65. The molecular formula is C24H27N4O4+. The van der Waals surface area contributed by atoms with Crippen LogP contribution in [-0.2, 0) is 6.54 Å². The lowest BCUT2D eigenvalue weighted by atomic mass is 10.0. The molecular weight excluding hydrogens is 408 g/mol. The van der Waals surface area contributed by atoms with Gasteiger partial charge in [0.2, 0.25) is 5.88 Å². The molecule has 0 spiro atoms. The van der Waals surface area contributed by atoms with Crippen LogP contribution >= 0.6 is 0 Å². The molecule has 0 atom stereocenters. The first kappa shape index (κ1) is 21.6. The van der Waals surface area contributed by atoms with Crippen molar-refractivity contribution in [1.82, 2.24) is 9.55 Å². The second-order valence-corrected chi connectivity index (χ2v) is 7.95. The van der Waals surface area contributed by atoms with Gasteiger partial charge in [-0.25, -0.2) is 9.36 Å². The Labute approximate surface area is 185 Å². The number of quaternary nitrogens is 1. The summed E-state index contributed by atoms with van der Waals surface area (Å²) in [6.07, 6.45) is 3.19. The molecule has 1 fully saturated rings. The zero-order valence-corrected chi connectivity index (χ0v) is 18.0. The molecule has 2 aromatic carbocycles. The smallest absolute Gasteiger partial charge is 0.335 e. The van der Waals surface area contributed by atoms with Crippen LogP contribution in [0.2, 0.25) is 0 Å². The Bertz CT molecular complexity index is 1190. The molecule has 0 bridgehead atoms. The Morgan fingerprint density at radius 1 is 1.12 bits per heavy atom. The monoisotopic (exact) mass is 435 g/mol. The predicted molar refractivity (Wildman–Crippen MR) is 122 cm³/mol. The molecule has 1 aliphatic rings. The number of H-pyrrole nitrogens is 1. The molecule has 3 N–H and O–H groups in total. The Morgan fingerprint density at radius 3 is 2.47 bits per heavy atom. The quantitative estimate of drug-likeness (QED) is 0.501. The van der Waals surface area contributed by atoms with Crippen molar-refractivity contribution in [2.45, 2.75) is 25.4 Å². The van der Waals surface area contributed by atoms with Crippen molar-refractivity contribution in [2.75, 3.05) is 20.2 Å². The molecule has 0 unspecified atom stereocenters. The predicted octanol–water partition coefficient (Wildman–Crippen LogP) is 0.906. The molecule has 1 aromatic heterocycles. The average Bonchev–Trinajstić information content (AvgIpc) is 2.81. The highest BCUT2D eigenvalue weighted by atomic mass is 16.5. The molecule has 0 saturated carbocycles. The van der Waals surface area contributed by atoms with E-state index in [1.807, 2.05) is 6.07 Å². The first-order valence-corrected chi connectivity index (χ1v) is 10.7. The Morgan fingerprint density at radius 2 is 1.81 bits per heavy atom. The van der Waals surface area contributed by atoms with E-state index in [0.29, 0.717) is 11.4 Å². The Kier molecular flexibility index (Phi) is 6.51. The van der Waals surface area contributed by atoms with Gasteiger partial charge in [0.25, 0.3) is 5.56 Å². The number of nitrogens with zero attached hydrogens (tertiary/aromatic N) is 2. The third-order valence-electron chi connectivity index (χ3n) is 5.83. The molecule has 0 radical (unpaired) electrons. The number of methoxy groups -OCH3 is 1. The fourth-order valence-electron chi connectivity index (χ4n) is 4.03. The van der Waals surface area contributed by atoms with Gasteiger partial charge in [0, 0.05) is 24.6 Å². The maximum absolute atomic E-state index is 12.3. The van der Waals surface area contributed by atoms with Crippen molar-refractivity contribution in [3.63, 3.8) is 0 Å². The van der Waals surface area contributed by atoms with Crippen LogP contribution in [0.15, 0.2) is 69.2 Å². The van der Waals surface area contributed by atoms with E-state index in [1.54, 1.807) is 31.4 Å². The first-order chi connectivity index (χ1) is 15.5. The first-order valence-electron chi connectivity index (χ1n) is 10.7. The van der Waals surface area contributed by atoms with Crippen LogP contribution in [0.4, 0.5) is 0 Å². The van der Waals surface area contributed by atoms with E-state index >= 15 is 0 Å². The Hall–Kier alpha value is -3.65.